The average Bonchev–Trinajstić information content (AvgIpc) is 2.81. The van der Waals surface area contributed by atoms with Gasteiger partial charge in [0.15, 0.2) is 0 Å². The van der Waals surface area contributed by atoms with Crippen LogP contribution in [0.25, 0.3) is 0 Å². The van der Waals surface area contributed by atoms with Crippen molar-refractivity contribution in [1.29, 1.82) is 0 Å². The molecular weight excluding hydrogens is 355 g/mol. The number of hydrogen-bond donors (Lipinski definition) is 0. The van der Waals surface area contributed by atoms with Crippen LogP contribution in [0, 0.1) is 25.6 Å². The van der Waals surface area contributed by atoms with E-state index in [9.17, 15) is 9.18 Å². The monoisotopic (exact) mass is 386 g/mol. The highest BCUT2D eigenvalue weighted by atomic mass is 19.1. The zero-order valence-electron chi connectivity index (χ0n) is 17.6. The van der Waals surface area contributed by atoms with E-state index in [0.717, 1.165) is 48.6 Å². The molecule has 1 aliphatic heterocycles. The third-order valence-electron chi connectivity index (χ3n) is 5.83. The van der Waals surface area contributed by atoms with Crippen molar-refractivity contribution in [3.05, 3.63) is 52.6 Å². The molecule has 0 bridgehead atoms. The highest BCUT2D eigenvalue weighted by Crippen LogP contribution is 2.23. The maximum Gasteiger partial charge on any atom is 0.257 e. The number of benzene rings is 1. The summed E-state index contributed by atoms with van der Waals surface area (Å²) in [4.78, 5) is 17.7. The smallest absolute Gasteiger partial charge is 0.257 e. The highest BCUT2D eigenvalue weighted by molar-refractivity contribution is 5.96. The molecular formula is C22H31FN4O. The van der Waals surface area contributed by atoms with Crippen molar-refractivity contribution in [2.75, 3.05) is 19.6 Å². The van der Waals surface area contributed by atoms with Crippen LogP contribution in [-0.2, 0) is 13.6 Å². The summed E-state index contributed by atoms with van der Waals surface area (Å²) < 4.78 is 15.0. The predicted octanol–water partition coefficient (Wildman–Crippen LogP) is 3.55. The Hall–Kier alpha value is -2.21. The van der Waals surface area contributed by atoms with Crippen molar-refractivity contribution >= 4 is 5.91 Å². The summed E-state index contributed by atoms with van der Waals surface area (Å²) in [6.07, 6.45) is 0.925. The molecule has 6 heteroatoms. The van der Waals surface area contributed by atoms with Crippen LogP contribution in [0.3, 0.4) is 0 Å². The molecule has 5 nitrogen and oxygen atoms in total. The van der Waals surface area contributed by atoms with E-state index in [1.54, 1.807) is 4.68 Å². The van der Waals surface area contributed by atoms with Crippen molar-refractivity contribution in [1.82, 2.24) is 19.6 Å². The van der Waals surface area contributed by atoms with Gasteiger partial charge >= 0.3 is 0 Å². The van der Waals surface area contributed by atoms with E-state index >= 15 is 0 Å². The van der Waals surface area contributed by atoms with E-state index in [2.05, 4.69) is 23.8 Å². The summed E-state index contributed by atoms with van der Waals surface area (Å²) in [7, 11) is 1.88. The number of rotatable bonds is 4. The number of aryl methyl sites for hydroxylation is 2. The molecule has 0 radical (unpaired) electrons. The number of carbonyl (C=O) groups is 1. The Morgan fingerprint density at radius 2 is 1.89 bits per heavy atom. The lowest BCUT2D eigenvalue weighted by molar-refractivity contribution is 0.0701. The third kappa shape index (κ3) is 4.27. The fraction of sp³-hybridized carbons (Fsp3) is 0.545. The molecule has 3 rings (SSSR count). The number of hydrogen-bond acceptors (Lipinski definition) is 3. The lowest BCUT2D eigenvalue weighted by Gasteiger charge is -2.34. The first kappa shape index (κ1) is 20.5. The first-order valence-electron chi connectivity index (χ1n) is 10.1. The Kier molecular flexibility index (Phi) is 6.18. The zero-order chi connectivity index (χ0) is 20.4. The minimum Gasteiger partial charge on any atom is -0.337 e. The summed E-state index contributed by atoms with van der Waals surface area (Å²) in [5.74, 6) is 0.279. The zero-order valence-corrected chi connectivity index (χ0v) is 17.6. The van der Waals surface area contributed by atoms with Crippen LogP contribution in [0.2, 0.25) is 0 Å². The lowest BCUT2D eigenvalue weighted by Crippen LogP contribution is -2.45. The Morgan fingerprint density at radius 3 is 2.46 bits per heavy atom. The van der Waals surface area contributed by atoms with Gasteiger partial charge in [-0.2, -0.15) is 5.10 Å². The number of carbonyl (C=O) groups excluding carboxylic acids is 1. The van der Waals surface area contributed by atoms with Gasteiger partial charge in [0.1, 0.15) is 5.82 Å². The van der Waals surface area contributed by atoms with Gasteiger partial charge in [-0.05, 0) is 43.9 Å². The molecule has 1 aromatic carbocycles. The summed E-state index contributed by atoms with van der Waals surface area (Å²) in [6, 6.07) is 6.99. The Morgan fingerprint density at radius 1 is 1.21 bits per heavy atom. The SMILES string of the molecule is Cc1nn(C)c(C)c1C(=O)N1CCCN(Cc2ccc(F)cc2)[C@H](C(C)C)C1. The minimum absolute atomic E-state index is 0.0809. The van der Waals surface area contributed by atoms with Gasteiger partial charge in [-0.25, -0.2) is 4.39 Å². The molecule has 1 fully saturated rings. The summed E-state index contributed by atoms with van der Waals surface area (Å²) >= 11 is 0. The second-order valence-electron chi connectivity index (χ2n) is 8.18. The van der Waals surface area contributed by atoms with Crippen LogP contribution in [0.4, 0.5) is 4.39 Å². The standard InChI is InChI=1S/C22H31FN4O/c1-15(2)20-14-27(22(28)21-16(3)24-25(5)17(21)4)12-6-11-26(20)13-18-7-9-19(23)10-8-18/h7-10,15,20H,6,11-14H2,1-5H3/t20-/m0/s1. The van der Waals surface area contributed by atoms with E-state index in [0.29, 0.717) is 12.5 Å². The van der Waals surface area contributed by atoms with Crippen LogP contribution >= 0.6 is 0 Å². The highest BCUT2D eigenvalue weighted by Gasteiger charge is 2.31. The van der Waals surface area contributed by atoms with E-state index in [1.165, 1.54) is 12.1 Å². The fourth-order valence-corrected chi connectivity index (χ4v) is 4.14. The number of nitrogens with zero attached hydrogens (tertiary/aromatic N) is 4. The molecule has 2 aromatic rings. The summed E-state index contributed by atoms with van der Waals surface area (Å²) in [6.45, 7) is 11.4. The lowest BCUT2D eigenvalue weighted by atomic mass is 10.0. The molecule has 0 aliphatic carbocycles. The van der Waals surface area contributed by atoms with Crippen molar-refractivity contribution in [3.63, 3.8) is 0 Å². The minimum atomic E-state index is -0.209. The van der Waals surface area contributed by atoms with E-state index in [4.69, 9.17) is 0 Å². The van der Waals surface area contributed by atoms with Crippen LogP contribution < -0.4 is 0 Å². The topological polar surface area (TPSA) is 41.4 Å². The molecule has 152 valence electrons. The van der Waals surface area contributed by atoms with Crippen LogP contribution in [-0.4, -0.2) is 51.2 Å². The van der Waals surface area contributed by atoms with Crippen molar-refractivity contribution in [2.24, 2.45) is 13.0 Å². The first-order valence-corrected chi connectivity index (χ1v) is 10.1. The second-order valence-corrected chi connectivity index (χ2v) is 8.18. The van der Waals surface area contributed by atoms with Gasteiger partial charge in [0.25, 0.3) is 5.91 Å². The van der Waals surface area contributed by atoms with Gasteiger partial charge < -0.3 is 4.90 Å². The predicted molar refractivity (Wildman–Crippen MR) is 109 cm³/mol. The summed E-state index contributed by atoms with van der Waals surface area (Å²) in [5.41, 5.74) is 3.54. The van der Waals surface area contributed by atoms with Gasteiger partial charge in [0.05, 0.1) is 11.3 Å². The Labute approximate surface area is 167 Å². The quantitative estimate of drug-likeness (QED) is 0.807. The number of halogens is 1. The largest absolute Gasteiger partial charge is 0.337 e. The molecule has 1 amide bonds. The van der Waals surface area contributed by atoms with Gasteiger partial charge in [-0.1, -0.05) is 26.0 Å². The van der Waals surface area contributed by atoms with Crippen LogP contribution in [0.5, 0.6) is 0 Å². The van der Waals surface area contributed by atoms with E-state index in [1.807, 2.05) is 37.9 Å². The van der Waals surface area contributed by atoms with E-state index < -0.39 is 0 Å². The average molecular weight is 387 g/mol. The van der Waals surface area contributed by atoms with Crippen LogP contribution in [0.15, 0.2) is 24.3 Å². The first-order chi connectivity index (χ1) is 13.3. The van der Waals surface area contributed by atoms with Gasteiger partial charge in [0.2, 0.25) is 0 Å². The van der Waals surface area contributed by atoms with Crippen LogP contribution in [0.1, 0.15) is 47.6 Å². The van der Waals surface area contributed by atoms with Crippen molar-refractivity contribution in [2.45, 2.75) is 46.7 Å². The molecule has 2 heterocycles. The maximum absolute atomic E-state index is 13.3. The Balaban J connectivity index is 1.80. The third-order valence-corrected chi connectivity index (χ3v) is 5.83. The van der Waals surface area contributed by atoms with Crippen molar-refractivity contribution in [3.8, 4) is 0 Å². The molecule has 1 aliphatic rings. The molecule has 28 heavy (non-hydrogen) atoms. The molecule has 0 saturated carbocycles. The fourth-order valence-electron chi connectivity index (χ4n) is 4.14. The molecule has 0 spiro atoms. The van der Waals surface area contributed by atoms with Gasteiger partial charge in [-0.15, -0.1) is 0 Å². The Bertz CT molecular complexity index is 828. The summed E-state index contributed by atoms with van der Waals surface area (Å²) in [5, 5.41) is 4.41. The molecule has 0 unspecified atom stereocenters. The molecule has 1 atom stereocenters. The molecule has 1 aromatic heterocycles. The second kappa shape index (κ2) is 8.43. The van der Waals surface area contributed by atoms with Gasteiger partial charge in [-0.3, -0.25) is 14.4 Å². The molecule has 1 saturated heterocycles. The van der Waals surface area contributed by atoms with E-state index in [-0.39, 0.29) is 17.8 Å². The maximum atomic E-state index is 13.3. The van der Waals surface area contributed by atoms with Crippen molar-refractivity contribution < 1.29 is 9.18 Å². The van der Waals surface area contributed by atoms with Gasteiger partial charge in [0, 0.05) is 45.0 Å². The molecule has 0 N–H and O–H groups in total. The number of aromatic nitrogens is 2. The number of amides is 1. The normalized spacial score (nSPS) is 18.5.